The zero-order valence-electron chi connectivity index (χ0n) is 11.6. The van der Waals surface area contributed by atoms with Gasteiger partial charge in [0.25, 0.3) is 0 Å². The Morgan fingerprint density at radius 1 is 1.45 bits per heavy atom. The summed E-state index contributed by atoms with van der Waals surface area (Å²) >= 11 is 2.89. The molecular weight excluding hydrogens is 292 g/mol. The van der Waals surface area contributed by atoms with Crippen LogP contribution in [-0.4, -0.2) is 35.4 Å². The van der Waals surface area contributed by atoms with Gasteiger partial charge in [0, 0.05) is 13.6 Å². The molecule has 0 saturated heterocycles. The minimum absolute atomic E-state index is 0.0626. The molecule has 2 N–H and O–H groups in total. The standard InChI is InChI=1S/C13H20N4OS2/c1-14-12-16-17-13(20-12)19-9-11(18)15-8-7-10-5-3-2-4-6-10/h5H,2-4,6-9H2,1H3,(H,14,16)(H,15,18). The first-order valence-electron chi connectivity index (χ1n) is 6.86. The number of anilines is 1. The summed E-state index contributed by atoms with van der Waals surface area (Å²) in [6, 6.07) is 0. The number of amides is 1. The molecule has 0 spiro atoms. The Morgan fingerprint density at radius 3 is 3.05 bits per heavy atom. The topological polar surface area (TPSA) is 66.9 Å². The van der Waals surface area contributed by atoms with E-state index in [1.807, 2.05) is 7.05 Å². The molecule has 1 aliphatic carbocycles. The minimum atomic E-state index is 0.0626. The highest BCUT2D eigenvalue weighted by atomic mass is 32.2. The molecule has 0 saturated carbocycles. The zero-order chi connectivity index (χ0) is 14.2. The predicted molar refractivity (Wildman–Crippen MR) is 84.4 cm³/mol. The van der Waals surface area contributed by atoms with E-state index in [2.05, 4.69) is 26.9 Å². The Morgan fingerprint density at radius 2 is 2.35 bits per heavy atom. The zero-order valence-corrected chi connectivity index (χ0v) is 13.3. The molecule has 1 heterocycles. The van der Waals surface area contributed by atoms with Crippen molar-refractivity contribution in [1.82, 2.24) is 15.5 Å². The summed E-state index contributed by atoms with van der Waals surface area (Å²) in [5, 5.41) is 14.6. The number of thioether (sulfide) groups is 1. The largest absolute Gasteiger partial charge is 0.363 e. The Bertz CT molecular complexity index is 473. The van der Waals surface area contributed by atoms with Gasteiger partial charge < -0.3 is 10.6 Å². The maximum absolute atomic E-state index is 11.7. The van der Waals surface area contributed by atoms with E-state index in [1.54, 1.807) is 0 Å². The van der Waals surface area contributed by atoms with Crippen LogP contribution >= 0.6 is 23.1 Å². The van der Waals surface area contributed by atoms with E-state index in [0.29, 0.717) is 5.75 Å². The van der Waals surface area contributed by atoms with E-state index in [0.717, 1.165) is 22.4 Å². The van der Waals surface area contributed by atoms with Crippen LogP contribution in [0.25, 0.3) is 0 Å². The van der Waals surface area contributed by atoms with Crippen molar-refractivity contribution in [2.45, 2.75) is 36.4 Å². The summed E-state index contributed by atoms with van der Waals surface area (Å²) in [5.74, 6) is 0.463. The predicted octanol–water partition coefficient (Wildman–Crippen LogP) is 2.68. The van der Waals surface area contributed by atoms with E-state index in [4.69, 9.17) is 0 Å². The van der Waals surface area contributed by atoms with Gasteiger partial charge in [-0.1, -0.05) is 34.7 Å². The highest BCUT2D eigenvalue weighted by molar-refractivity contribution is 8.01. The number of aromatic nitrogens is 2. The van der Waals surface area contributed by atoms with Gasteiger partial charge >= 0.3 is 0 Å². The lowest BCUT2D eigenvalue weighted by molar-refractivity contribution is -0.118. The molecule has 1 aliphatic rings. The van der Waals surface area contributed by atoms with Gasteiger partial charge in [-0.3, -0.25) is 4.79 Å². The fourth-order valence-corrected chi connectivity index (χ4v) is 3.58. The normalized spacial score (nSPS) is 14.8. The van der Waals surface area contributed by atoms with Gasteiger partial charge in [-0.05, 0) is 32.1 Å². The molecule has 0 unspecified atom stereocenters. The summed E-state index contributed by atoms with van der Waals surface area (Å²) in [5.41, 5.74) is 1.49. The van der Waals surface area contributed by atoms with E-state index in [9.17, 15) is 4.79 Å². The molecule has 20 heavy (non-hydrogen) atoms. The lowest BCUT2D eigenvalue weighted by Gasteiger charge is -2.12. The van der Waals surface area contributed by atoms with Crippen LogP contribution in [0.3, 0.4) is 0 Å². The van der Waals surface area contributed by atoms with Crippen molar-refractivity contribution >= 4 is 34.1 Å². The van der Waals surface area contributed by atoms with Gasteiger partial charge in [0.05, 0.1) is 5.75 Å². The maximum Gasteiger partial charge on any atom is 0.230 e. The van der Waals surface area contributed by atoms with E-state index in [-0.39, 0.29) is 5.91 Å². The Labute approximate surface area is 127 Å². The number of hydrogen-bond acceptors (Lipinski definition) is 6. The van der Waals surface area contributed by atoms with Gasteiger partial charge in [-0.25, -0.2) is 0 Å². The summed E-state index contributed by atoms with van der Waals surface area (Å²) in [6.45, 7) is 0.739. The van der Waals surface area contributed by atoms with Crippen LogP contribution in [0.2, 0.25) is 0 Å². The van der Waals surface area contributed by atoms with Gasteiger partial charge in [-0.2, -0.15) is 0 Å². The number of carbonyl (C=O) groups is 1. The fourth-order valence-electron chi connectivity index (χ4n) is 2.04. The molecule has 0 radical (unpaired) electrons. The van der Waals surface area contributed by atoms with E-state index in [1.165, 1.54) is 54.4 Å². The second-order valence-corrected chi connectivity index (χ2v) is 6.82. The molecular formula is C13H20N4OS2. The van der Waals surface area contributed by atoms with Crippen LogP contribution in [-0.2, 0) is 4.79 Å². The van der Waals surface area contributed by atoms with E-state index < -0.39 is 0 Å². The molecule has 0 bridgehead atoms. The summed E-state index contributed by atoms with van der Waals surface area (Å²) in [6.07, 6.45) is 8.31. The monoisotopic (exact) mass is 312 g/mol. The maximum atomic E-state index is 11.7. The number of nitrogens with zero attached hydrogens (tertiary/aromatic N) is 2. The van der Waals surface area contributed by atoms with Gasteiger partial charge in [0.2, 0.25) is 11.0 Å². The van der Waals surface area contributed by atoms with Gasteiger partial charge in [0.1, 0.15) is 0 Å². The van der Waals surface area contributed by atoms with Crippen molar-refractivity contribution in [1.29, 1.82) is 0 Å². The Hall–Kier alpha value is -1.08. The van der Waals surface area contributed by atoms with Crippen molar-refractivity contribution in [3.05, 3.63) is 11.6 Å². The lowest BCUT2D eigenvalue weighted by atomic mass is 9.97. The summed E-state index contributed by atoms with van der Waals surface area (Å²) < 4.78 is 0.819. The van der Waals surface area contributed by atoms with Crippen LogP contribution in [0.5, 0.6) is 0 Å². The van der Waals surface area contributed by atoms with Crippen molar-refractivity contribution in [3.63, 3.8) is 0 Å². The highest BCUT2D eigenvalue weighted by Crippen LogP contribution is 2.24. The number of hydrogen-bond donors (Lipinski definition) is 2. The van der Waals surface area contributed by atoms with Crippen molar-refractivity contribution < 1.29 is 4.79 Å². The van der Waals surface area contributed by atoms with Crippen molar-refractivity contribution in [2.75, 3.05) is 24.7 Å². The molecule has 110 valence electrons. The molecule has 7 heteroatoms. The molecule has 0 fully saturated rings. The molecule has 0 aromatic carbocycles. The molecule has 1 amide bonds. The third-order valence-corrected chi connectivity index (χ3v) is 5.17. The molecule has 0 aliphatic heterocycles. The Kier molecular flexibility index (Phi) is 6.32. The first-order valence-corrected chi connectivity index (χ1v) is 8.67. The van der Waals surface area contributed by atoms with Crippen molar-refractivity contribution in [2.24, 2.45) is 0 Å². The molecule has 5 nitrogen and oxygen atoms in total. The molecule has 0 atom stereocenters. The first kappa shape index (κ1) is 15.3. The average Bonchev–Trinajstić information content (AvgIpc) is 2.94. The average molecular weight is 312 g/mol. The summed E-state index contributed by atoms with van der Waals surface area (Å²) in [7, 11) is 1.81. The quantitative estimate of drug-likeness (QED) is 0.598. The second-order valence-electron chi connectivity index (χ2n) is 4.62. The van der Waals surface area contributed by atoms with Crippen molar-refractivity contribution in [3.8, 4) is 0 Å². The third kappa shape index (κ3) is 5.13. The van der Waals surface area contributed by atoms with Crippen LogP contribution < -0.4 is 10.6 Å². The third-order valence-electron chi connectivity index (χ3n) is 3.10. The van der Waals surface area contributed by atoms with Crippen LogP contribution in [0.4, 0.5) is 5.13 Å². The lowest BCUT2D eigenvalue weighted by Crippen LogP contribution is -2.26. The van der Waals surface area contributed by atoms with E-state index >= 15 is 0 Å². The highest BCUT2D eigenvalue weighted by Gasteiger charge is 2.08. The van der Waals surface area contributed by atoms with Crippen LogP contribution in [0.15, 0.2) is 16.0 Å². The number of allylic oxidation sites excluding steroid dienone is 1. The SMILES string of the molecule is CNc1nnc(SCC(=O)NCCC2=CCCCC2)s1. The van der Waals surface area contributed by atoms with Crippen LogP contribution in [0.1, 0.15) is 32.1 Å². The van der Waals surface area contributed by atoms with Crippen LogP contribution in [0, 0.1) is 0 Å². The Balaban J connectivity index is 1.61. The molecule has 1 aromatic heterocycles. The fraction of sp³-hybridized carbons (Fsp3) is 0.615. The number of carbonyl (C=O) groups excluding carboxylic acids is 1. The number of nitrogens with one attached hydrogen (secondary N) is 2. The van der Waals surface area contributed by atoms with Gasteiger partial charge in [0.15, 0.2) is 4.34 Å². The molecule has 2 rings (SSSR count). The second kappa shape index (κ2) is 8.26. The first-order chi connectivity index (χ1) is 9.78. The summed E-state index contributed by atoms with van der Waals surface area (Å²) in [4.78, 5) is 11.7. The number of rotatable bonds is 7. The molecule has 1 aromatic rings. The minimum Gasteiger partial charge on any atom is -0.363 e. The smallest absolute Gasteiger partial charge is 0.230 e. The van der Waals surface area contributed by atoms with Gasteiger partial charge in [-0.15, -0.1) is 10.2 Å².